The molecular formula is C26H31NO5. The molecule has 32 heavy (non-hydrogen) atoms. The fraction of sp³-hybridized carbons (Fsp3) is 0.385. The molecule has 1 N–H and O–H groups in total. The van der Waals surface area contributed by atoms with Crippen LogP contribution in [0.3, 0.4) is 0 Å². The molecule has 1 unspecified atom stereocenters. The lowest BCUT2D eigenvalue weighted by molar-refractivity contribution is -0.140. The Hall–Kier alpha value is -3.12. The molecule has 6 nitrogen and oxygen atoms in total. The highest BCUT2D eigenvalue weighted by atomic mass is 16.5. The van der Waals surface area contributed by atoms with E-state index in [1.807, 2.05) is 52.0 Å². The minimum absolute atomic E-state index is 0.0113. The molecular weight excluding hydrogens is 406 g/mol. The molecule has 0 aliphatic carbocycles. The highest BCUT2D eigenvalue weighted by molar-refractivity contribution is 6.46. The summed E-state index contributed by atoms with van der Waals surface area (Å²) in [6.07, 6.45) is 0.902. The maximum Gasteiger partial charge on any atom is 0.295 e. The number of ether oxygens (including phenoxy) is 2. The van der Waals surface area contributed by atoms with Crippen LogP contribution in [0.1, 0.15) is 49.9 Å². The van der Waals surface area contributed by atoms with Crippen LogP contribution in [0, 0.1) is 6.92 Å². The molecule has 1 saturated heterocycles. The molecule has 2 aromatic rings. The van der Waals surface area contributed by atoms with Gasteiger partial charge in [0, 0.05) is 12.1 Å². The van der Waals surface area contributed by atoms with Gasteiger partial charge in [-0.05, 0) is 62.6 Å². The Labute approximate surface area is 189 Å². The number of hydrogen-bond acceptors (Lipinski definition) is 5. The van der Waals surface area contributed by atoms with Crippen LogP contribution in [-0.4, -0.2) is 47.6 Å². The zero-order chi connectivity index (χ0) is 23.3. The molecule has 0 radical (unpaired) electrons. The van der Waals surface area contributed by atoms with Gasteiger partial charge < -0.3 is 19.5 Å². The Morgan fingerprint density at radius 1 is 1.06 bits per heavy atom. The fourth-order valence-corrected chi connectivity index (χ4v) is 3.80. The molecule has 1 fully saturated rings. The number of carbonyl (C=O) groups is 2. The van der Waals surface area contributed by atoms with Gasteiger partial charge in [0.25, 0.3) is 11.7 Å². The number of amides is 1. The van der Waals surface area contributed by atoms with Crippen LogP contribution in [0.2, 0.25) is 0 Å². The summed E-state index contributed by atoms with van der Waals surface area (Å²) in [7, 11) is 0. The summed E-state index contributed by atoms with van der Waals surface area (Å²) in [4.78, 5) is 27.5. The number of carbonyl (C=O) groups excluding carboxylic acids is 2. The van der Waals surface area contributed by atoms with Crippen LogP contribution in [0.25, 0.3) is 5.76 Å². The van der Waals surface area contributed by atoms with Crippen LogP contribution in [-0.2, 0) is 14.3 Å². The van der Waals surface area contributed by atoms with Crippen LogP contribution < -0.4 is 4.74 Å². The summed E-state index contributed by atoms with van der Waals surface area (Å²) in [6.45, 7) is 8.94. The number of Topliss-reactive ketones (excluding diaryl/α,β-unsaturated/α-hetero) is 1. The van der Waals surface area contributed by atoms with Gasteiger partial charge in [0.05, 0.1) is 30.9 Å². The van der Waals surface area contributed by atoms with Gasteiger partial charge >= 0.3 is 0 Å². The molecule has 1 amide bonds. The van der Waals surface area contributed by atoms with Crippen molar-refractivity contribution in [1.82, 2.24) is 4.90 Å². The average molecular weight is 438 g/mol. The Kier molecular flexibility index (Phi) is 7.70. The molecule has 6 heteroatoms. The molecule has 1 atom stereocenters. The normalized spacial score (nSPS) is 17.9. The van der Waals surface area contributed by atoms with E-state index in [9.17, 15) is 14.7 Å². The highest BCUT2D eigenvalue weighted by Crippen LogP contribution is 2.40. The Balaban J connectivity index is 2.03. The monoisotopic (exact) mass is 437 g/mol. The van der Waals surface area contributed by atoms with Gasteiger partial charge in [-0.1, -0.05) is 31.2 Å². The van der Waals surface area contributed by atoms with Crippen LogP contribution in [0.5, 0.6) is 5.75 Å². The number of benzene rings is 2. The molecule has 170 valence electrons. The lowest BCUT2D eigenvalue weighted by Gasteiger charge is -2.26. The van der Waals surface area contributed by atoms with E-state index in [0.717, 1.165) is 17.5 Å². The summed E-state index contributed by atoms with van der Waals surface area (Å²) in [5, 5.41) is 11.1. The van der Waals surface area contributed by atoms with Crippen molar-refractivity contribution in [3.8, 4) is 5.75 Å². The number of likely N-dealkylation sites (tertiary alicyclic amines) is 1. The molecule has 3 rings (SSSR count). The smallest absolute Gasteiger partial charge is 0.295 e. The molecule has 0 bridgehead atoms. The summed E-state index contributed by atoms with van der Waals surface area (Å²) >= 11 is 0. The van der Waals surface area contributed by atoms with Crippen molar-refractivity contribution >= 4 is 17.4 Å². The number of hydrogen-bond donors (Lipinski definition) is 1. The van der Waals surface area contributed by atoms with Crippen LogP contribution >= 0.6 is 0 Å². The second kappa shape index (κ2) is 10.5. The van der Waals surface area contributed by atoms with Gasteiger partial charge in [0.1, 0.15) is 11.5 Å². The van der Waals surface area contributed by atoms with E-state index in [0.29, 0.717) is 24.5 Å². The second-order valence-corrected chi connectivity index (χ2v) is 8.14. The number of aryl methyl sites for hydroxylation is 1. The maximum atomic E-state index is 13.1. The SMILES string of the molecule is CCCOc1ccc(/C(O)=C2/C(=O)C(=O)N(CCOC(C)C)C2c2ccccc2C)cc1. The van der Waals surface area contributed by atoms with Gasteiger partial charge in [-0.25, -0.2) is 0 Å². The molecule has 0 spiro atoms. The van der Waals surface area contributed by atoms with E-state index in [1.165, 1.54) is 4.90 Å². The standard InChI is InChI=1S/C26H31NO5/c1-5-15-32-20-12-10-19(11-13-20)24(28)22-23(21-9-7-6-8-18(21)4)27(26(30)25(22)29)14-16-31-17(2)3/h6-13,17,23,28H,5,14-16H2,1-4H3/b24-22-. The molecule has 1 heterocycles. The first-order valence-corrected chi connectivity index (χ1v) is 11.0. The van der Waals surface area contributed by atoms with E-state index >= 15 is 0 Å². The highest BCUT2D eigenvalue weighted by Gasteiger charge is 2.46. The topological polar surface area (TPSA) is 76.1 Å². The third-order valence-corrected chi connectivity index (χ3v) is 5.41. The van der Waals surface area contributed by atoms with E-state index in [-0.39, 0.29) is 24.0 Å². The number of aliphatic hydroxyl groups excluding tert-OH is 1. The number of rotatable bonds is 9. The minimum Gasteiger partial charge on any atom is -0.507 e. The van der Waals surface area contributed by atoms with E-state index in [4.69, 9.17) is 9.47 Å². The molecule has 0 aromatic heterocycles. The van der Waals surface area contributed by atoms with Gasteiger partial charge in [-0.3, -0.25) is 9.59 Å². The van der Waals surface area contributed by atoms with Gasteiger partial charge in [0.15, 0.2) is 0 Å². The van der Waals surface area contributed by atoms with Crippen molar-refractivity contribution in [1.29, 1.82) is 0 Å². The lowest BCUT2D eigenvalue weighted by Crippen LogP contribution is -2.33. The first-order chi connectivity index (χ1) is 15.3. The molecule has 0 saturated carbocycles. The summed E-state index contributed by atoms with van der Waals surface area (Å²) in [5.41, 5.74) is 2.30. The summed E-state index contributed by atoms with van der Waals surface area (Å²) < 4.78 is 11.2. The number of nitrogens with zero attached hydrogens (tertiary/aromatic N) is 1. The largest absolute Gasteiger partial charge is 0.507 e. The Morgan fingerprint density at radius 2 is 1.75 bits per heavy atom. The first-order valence-electron chi connectivity index (χ1n) is 11.0. The van der Waals surface area contributed by atoms with Crippen LogP contribution in [0.15, 0.2) is 54.1 Å². The number of aliphatic hydroxyl groups is 1. The Bertz CT molecular complexity index is 994. The lowest BCUT2D eigenvalue weighted by atomic mass is 9.92. The first kappa shape index (κ1) is 23.5. The fourth-order valence-electron chi connectivity index (χ4n) is 3.80. The third-order valence-electron chi connectivity index (χ3n) is 5.41. The van der Waals surface area contributed by atoms with Crippen molar-refractivity contribution in [3.05, 3.63) is 70.8 Å². The molecule has 2 aromatic carbocycles. The van der Waals surface area contributed by atoms with E-state index in [1.54, 1.807) is 24.3 Å². The predicted molar refractivity (Wildman–Crippen MR) is 124 cm³/mol. The van der Waals surface area contributed by atoms with Crippen molar-refractivity contribution in [3.63, 3.8) is 0 Å². The maximum absolute atomic E-state index is 13.1. The molecule has 1 aliphatic heterocycles. The second-order valence-electron chi connectivity index (χ2n) is 8.14. The van der Waals surface area contributed by atoms with Gasteiger partial charge in [-0.15, -0.1) is 0 Å². The average Bonchev–Trinajstić information content (AvgIpc) is 3.02. The minimum atomic E-state index is -0.688. The number of ketones is 1. The summed E-state index contributed by atoms with van der Waals surface area (Å²) in [6, 6.07) is 13.8. The molecule has 1 aliphatic rings. The van der Waals surface area contributed by atoms with E-state index in [2.05, 4.69) is 0 Å². The Morgan fingerprint density at radius 3 is 2.38 bits per heavy atom. The van der Waals surface area contributed by atoms with E-state index < -0.39 is 17.7 Å². The van der Waals surface area contributed by atoms with Crippen molar-refractivity contribution < 1.29 is 24.2 Å². The van der Waals surface area contributed by atoms with Crippen molar-refractivity contribution in [2.45, 2.75) is 46.3 Å². The van der Waals surface area contributed by atoms with Crippen molar-refractivity contribution in [2.24, 2.45) is 0 Å². The van der Waals surface area contributed by atoms with Crippen molar-refractivity contribution in [2.75, 3.05) is 19.8 Å². The zero-order valence-corrected chi connectivity index (χ0v) is 19.1. The zero-order valence-electron chi connectivity index (χ0n) is 19.1. The summed E-state index contributed by atoms with van der Waals surface area (Å²) in [5.74, 6) is -0.822. The van der Waals surface area contributed by atoms with Gasteiger partial charge in [0.2, 0.25) is 0 Å². The third kappa shape index (κ3) is 5.02. The van der Waals surface area contributed by atoms with Crippen LogP contribution in [0.4, 0.5) is 0 Å². The van der Waals surface area contributed by atoms with Gasteiger partial charge in [-0.2, -0.15) is 0 Å². The predicted octanol–water partition coefficient (Wildman–Crippen LogP) is 4.63. The quantitative estimate of drug-likeness (QED) is 0.352.